The van der Waals surface area contributed by atoms with Crippen LogP contribution in [0.5, 0.6) is 0 Å². The molecule has 0 unspecified atom stereocenters. The van der Waals surface area contributed by atoms with Crippen LogP contribution in [0.2, 0.25) is 0 Å². The van der Waals surface area contributed by atoms with Gasteiger partial charge in [0.25, 0.3) is 10.2 Å². The van der Waals surface area contributed by atoms with Crippen molar-refractivity contribution in [1.29, 1.82) is 0 Å². The third kappa shape index (κ3) is 5.35. The SMILES string of the molecule is CCN(Cc1cccc(N)c1)S(=O)(=O)NCC(F)(F)F. The Morgan fingerprint density at radius 3 is 2.50 bits per heavy atom. The van der Waals surface area contributed by atoms with Crippen molar-refractivity contribution < 1.29 is 21.6 Å². The van der Waals surface area contributed by atoms with Gasteiger partial charge in [0.1, 0.15) is 6.54 Å². The number of nitrogens with two attached hydrogens (primary N) is 1. The third-order valence-corrected chi connectivity index (χ3v) is 4.03. The van der Waals surface area contributed by atoms with Gasteiger partial charge in [0.15, 0.2) is 0 Å². The first-order valence-electron chi connectivity index (χ1n) is 5.80. The van der Waals surface area contributed by atoms with Gasteiger partial charge < -0.3 is 5.73 Å². The molecule has 20 heavy (non-hydrogen) atoms. The largest absolute Gasteiger partial charge is 0.402 e. The van der Waals surface area contributed by atoms with Gasteiger partial charge in [-0.2, -0.15) is 30.6 Å². The molecule has 1 rings (SSSR count). The number of alkyl halides is 3. The van der Waals surface area contributed by atoms with Gasteiger partial charge in [-0.15, -0.1) is 0 Å². The number of halogens is 3. The lowest BCUT2D eigenvalue weighted by atomic mass is 10.2. The average molecular weight is 311 g/mol. The molecule has 0 aliphatic rings. The van der Waals surface area contributed by atoms with E-state index in [1.165, 1.54) is 4.72 Å². The van der Waals surface area contributed by atoms with E-state index in [0.29, 0.717) is 11.3 Å². The smallest absolute Gasteiger partial charge is 0.399 e. The van der Waals surface area contributed by atoms with E-state index in [-0.39, 0.29) is 13.1 Å². The van der Waals surface area contributed by atoms with Gasteiger partial charge in [-0.05, 0) is 17.7 Å². The van der Waals surface area contributed by atoms with Crippen LogP contribution >= 0.6 is 0 Å². The van der Waals surface area contributed by atoms with Gasteiger partial charge in [-0.25, -0.2) is 0 Å². The number of nitrogen functional groups attached to an aromatic ring is 1. The highest BCUT2D eigenvalue weighted by molar-refractivity contribution is 7.87. The van der Waals surface area contributed by atoms with Crippen molar-refractivity contribution in [3.63, 3.8) is 0 Å². The number of hydrogen-bond acceptors (Lipinski definition) is 3. The third-order valence-electron chi connectivity index (χ3n) is 2.46. The molecule has 5 nitrogen and oxygen atoms in total. The van der Waals surface area contributed by atoms with Crippen LogP contribution in [-0.2, 0) is 16.8 Å². The summed E-state index contributed by atoms with van der Waals surface area (Å²) in [5, 5.41) is 0. The topological polar surface area (TPSA) is 75.4 Å². The molecule has 0 heterocycles. The van der Waals surface area contributed by atoms with Gasteiger partial charge in [0, 0.05) is 18.8 Å². The highest BCUT2D eigenvalue weighted by Crippen LogP contribution is 2.15. The lowest BCUT2D eigenvalue weighted by molar-refractivity contribution is -0.121. The molecule has 0 aliphatic carbocycles. The zero-order valence-electron chi connectivity index (χ0n) is 10.8. The minimum Gasteiger partial charge on any atom is -0.399 e. The molecule has 1 aromatic carbocycles. The number of hydrogen-bond donors (Lipinski definition) is 2. The maximum absolute atomic E-state index is 12.1. The average Bonchev–Trinajstić information content (AvgIpc) is 2.33. The van der Waals surface area contributed by atoms with E-state index < -0.39 is 22.9 Å². The summed E-state index contributed by atoms with van der Waals surface area (Å²) in [7, 11) is -4.19. The van der Waals surface area contributed by atoms with Crippen LogP contribution in [0.25, 0.3) is 0 Å². The standard InChI is InChI=1S/C11H16F3N3O2S/c1-2-17(7-9-4-3-5-10(15)6-9)20(18,19)16-8-11(12,13)14/h3-6,16H,2,7-8,15H2,1H3. The van der Waals surface area contributed by atoms with E-state index >= 15 is 0 Å². The van der Waals surface area contributed by atoms with Gasteiger partial charge in [0.2, 0.25) is 0 Å². The molecule has 0 amide bonds. The van der Waals surface area contributed by atoms with Crippen LogP contribution in [0, 0.1) is 0 Å². The molecular formula is C11H16F3N3O2S. The summed E-state index contributed by atoms with van der Waals surface area (Å²) < 4.78 is 62.2. The number of rotatable bonds is 6. The Labute approximate surface area is 115 Å². The molecule has 0 radical (unpaired) electrons. The molecule has 0 aliphatic heterocycles. The molecule has 0 saturated heterocycles. The van der Waals surface area contributed by atoms with Crippen molar-refractivity contribution in [1.82, 2.24) is 9.03 Å². The van der Waals surface area contributed by atoms with Crippen LogP contribution < -0.4 is 10.5 Å². The molecular weight excluding hydrogens is 295 g/mol. The van der Waals surface area contributed by atoms with Crippen molar-refractivity contribution in [2.24, 2.45) is 0 Å². The summed E-state index contributed by atoms with van der Waals surface area (Å²) >= 11 is 0. The maximum Gasteiger partial charge on any atom is 0.402 e. The van der Waals surface area contributed by atoms with Gasteiger partial charge in [0.05, 0.1) is 0 Å². The van der Waals surface area contributed by atoms with Crippen molar-refractivity contribution in [2.45, 2.75) is 19.6 Å². The molecule has 0 fully saturated rings. The Bertz CT molecular complexity index is 546. The highest BCUT2D eigenvalue weighted by atomic mass is 32.2. The fourth-order valence-electron chi connectivity index (χ4n) is 1.53. The number of anilines is 1. The lowest BCUT2D eigenvalue weighted by Crippen LogP contribution is -2.43. The summed E-state index contributed by atoms with van der Waals surface area (Å²) in [6.07, 6.45) is -4.59. The van der Waals surface area contributed by atoms with Crippen LogP contribution in [0.15, 0.2) is 24.3 Å². The second-order valence-corrected chi connectivity index (χ2v) is 5.87. The fraction of sp³-hybridized carbons (Fsp3) is 0.455. The summed E-state index contributed by atoms with van der Waals surface area (Å²) in [5.74, 6) is 0. The molecule has 0 bridgehead atoms. The van der Waals surface area contributed by atoms with E-state index in [9.17, 15) is 21.6 Å². The van der Waals surface area contributed by atoms with E-state index in [2.05, 4.69) is 0 Å². The van der Waals surface area contributed by atoms with E-state index in [4.69, 9.17) is 5.73 Å². The van der Waals surface area contributed by atoms with Crippen LogP contribution in [0.3, 0.4) is 0 Å². The number of benzene rings is 1. The van der Waals surface area contributed by atoms with Crippen molar-refractivity contribution in [3.8, 4) is 0 Å². The molecule has 0 atom stereocenters. The molecule has 1 aromatic rings. The Morgan fingerprint density at radius 1 is 1.35 bits per heavy atom. The normalized spacial score (nSPS) is 12.8. The second-order valence-electron chi connectivity index (χ2n) is 4.11. The van der Waals surface area contributed by atoms with Crippen molar-refractivity contribution in [2.75, 3.05) is 18.8 Å². The monoisotopic (exact) mass is 311 g/mol. The summed E-state index contributed by atoms with van der Waals surface area (Å²) in [5.41, 5.74) is 6.63. The Balaban J connectivity index is 2.79. The minimum atomic E-state index is -4.59. The molecule has 3 N–H and O–H groups in total. The van der Waals surface area contributed by atoms with Crippen LogP contribution in [0.1, 0.15) is 12.5 Å². The molecule has 0 aromatic heterocycles. The Morgan fingerprint density at radius 2 is 2.00 bits per heavy atom. The number of nitrogens with one attached hydrogen (secondary N) is 1. The minimum absolute atomic E-state index is 0.0436. The van der Waals surface area contributed by atoms with Crippen LogP contribution in [-0.4, -0.2) is 32.0 Å². The Hall–Kier alpha value is -1.32. The van der Waals surface area contributed by atoms with E-state index in [1.54, 1.807) is 31.2 Å². The second kappa shape index (κ2) is 6.42. The number of nitrogens with zero attached hydrogens (tertiary/aromatic N) is 1. The summed E-state index contributed by atoms with van der Waals surface area (Å²) in [4.78, 5) is 0. The van der Waals surface area contributed by atoms with E-state index in [1.807, 2.05) is 0 Å². The van der Waals surface area contributed by atoms with Crippen molar-refractivity contribution >= 4 is 15.9 Å². The first-order valence-corrected chi connectivity index (χ1v) is 7.24. The predicted octanol–water partition coefficient (Wildman–Crippen LogP) is 1.49. The first kappa shape index (κ1) is 16.7. The maximum atomic E-state index is 12.1. The zero-order chi connectivity index (χ0) is 15.4. The summed E-state index contributed by atoms with van der Waals surface area (Å²) in [6, 6.07) is 6.50. The molecule has 9 heteroatoms. The molecule has 0 spiro atoms. The van der Waals surface area contributed by atoms with Crippen LogP contribution in [0.4, 0.5) is 18.9 Å². The molecule has 0 saturated carbocycles. The zero-order valence-corrected chi connectivity index (χ0v) is 11.6. The van der Waals surface area contributed by atoms with Gasteiger partial charge >= 0.3 is 6.18 Å². The van der Waals surface area contributed by atoms with Crippen molar-refractivity contribution in [3.05, 3.63) is 29.8 Å². The van der Waals surface area contributed by atoms with Gasteiger partial charge in [-0.3, -0.25) is 0 Å². The quantitative estimate of drug-likeness (QED) is 0.782. The van der Waals surface area contributed by atoms with E-state index in [0.717, 1.165) is 4.31 Å². The summed E-state index contributed by atoms with van der Waals surface area (Å²) in [6.45, 7) is -0.0569. The first-order chi connectivity index (χ1) is 9.14. The fourth-order valence-corrected chi connectivity index (χ4v) is 2.71. The Kier molecular flexibility index (Phi) is 5.37. The van der Waals surface area contributed by atoms with Gasteiger partial charge in [-0.1, -0.05) is 19.1 Å². The lowest BCUT2D eigenvalue weighted by Gasteiger charge is -2.21. The predicted molar refractivity (Wildman–Crippen MR) is 69.9 cm³/mol. The molecule has 114 valence electrons. The highest BCUT2D eigenvalue weighted by Gasteiger charge is 2.31.